The number of carbonyl (C=O) groups excluding carboxylic acids is 1. The van der Waals surface area contributed by atoms with Crippen molar-refractivity contribution in [3.05, 3.63) is 45.8 Å². The summed E-state index contributed by atoms with van der Waals surface area (Å²) in [4.78, 5) is 24.5. The molecule has 2 aliphatic rings. The fourth-order valence-corrected chi connectivity index (χ4v) is 5.22. The molecule has 0 spiro atoms. The second kappa shape index (κ2) is 8.55. The molecule has 4 heterocycles. The van der Waals surface area contributed by atoms with E-state index in [9.17, 15) is 18.0 Å². The normalized spacial score (nSPS) is 20.3. The zero-order valence-electron chi connectivity index (χ0n) is 16.9. The van der Waals surface area contributed by atoms with E-state index < -0.39 is 11.7 Å². The van der Waals surface area contributed by atoms with Gasteiger partial charge < -0.3 is 9.80 Å². The van der Waals surface area contributed by atoms with Crippen LogP contribution in [0.1, 0.15) is 35.4 Å². The number of amides is 1. The van der Waals surface area contributed by atoms with Crippen LogP contribution in [0, 0.1) is 0 Å². The summed E-state index contributed by atoms with van der Waals surface area (Å²) in [6, 6.07) is 4.79. The summed E-state index contributed by atoms with van der Waals surface area (Å²) in [5.41, 5.74) is 0.552. The third kappa shape index (κ3) is 4.32. The van der Waals surface area contributed by atoms with Crippen LogP contribution < -0.4 is 4.90 Å². The number of rotatable bonds is 4. The highest BCUT2D eigenvalue weighted by molar-refractivity contribution is 7.10. The van der Waals surface area contributed by atoms with E-state index in [4.69, 9.17) is 0 Å². The van der Waals surface area contributed by atoms with Crippen LogP contribution in [0.25, 0.3) is 0 Å². The number of halogens is 3. The number of anilines is 1. The molecule has 4 rings (SSSR count). The Bertz CT molecular complexity index is 875. The minimum absolute atomic E-state index is 0.153. The average molecular weight is 439 g/mol. The number of nitrogens with zero attached hydrogens (tertiary/aromatic N) is 4. The first-order valence-corrected chi connectivity index (χ1v) is 11.1. The fourth-order valence-electron chi connectivity index (χ4n) is 4.29. The molecule has 1 amide bonds. The van der Waals surface area contributed by atoms with Gasteiger partial charge in [0.05, 0.1) is 18.2 Å². The number of thiophene rings is 1. The lowest BCUT2D eigenvalue weighted by molar-refractivity contribution is -0.138. The van der Waals surface area contributed by atoms with Crippen molar-refractivity contribution in [1.29, 1.82) is 0 Å². The molecule has 2 aromatic rings. The maximum Gasteiger partial charge on any atom is 0.417 e. The largest absolute Gasteiger partial charge is 0.417 e. The molecule has 2 aliphatic heterocycles. The van der Waals surface area contributed by atoms with Gasteiger partial charge in [0.25, 0.3) is 0 Å². The maximum atomic E-state index is 13.0. The molecule has 1 unspecified atom stereocenters. The molecule has 0 bridgehead atoms. The Morgan fingerprint density at radius 2 is 1.93 bits per heavy atom. The average Bonchev–Trinajstić information content (AvgIpc) is 3.22. The van der Waals surface area contributed by atoms with Crippen LogP contribution in [0.3, 0.4) is 0 Å². The molecule has 162 valence electrons. The van der Waals surface area contributed by atoms with Crippen LogP contribution in [0.15, 0.2) is 29.8 Å². The molecule has 0 aliphatic carbocycles. The summed E-state index contributed by atoms with van der Waals surface area (Å²) in [6.07, 6.45) is -1.67. The minimum Gasteiger partial charge on any atom is -0.354 e. The van der Waals surface area contributed by atoms with Crippen molar-refractivity contribution in [1.82, 2.24) is 14.8 Å². The van der Waals surface area contributed by atoms with Gasteiger partial charge in [0.15, 0.2) is 0 Å². The van der Waals surface area contributed by atoms with Gasteiger partial charge in [0, 0.05) is 43.8 Å². The Balaban J connectivity index is 1.32. The molecule has 1 atom stereocenters. The first kappa shape index (κ1) is 21.1. The number of aromatic nitrogens is 1. The van der Waals surface area contributed by atoms with Gasteiger partial charge in [-0.05, 0) is 42.0 Å². The van der Waals surface area contributed by atoms with Crippen LogP contribution in [-0.2, 0) is 17.4 Å². The Morgan fingerprint density at radius 3 is 2.57 bits per heavy atom. The lowest BCUT2D eigenvalue weighted by Crippen LogP contribution is -2.51. The second-order valence-electron chi connectivity index (χ2n) is 7.73. The maximum absolute atomic E-state index is 13.0. The van der Waals surface area contributed by atoms with Crippen molar-refractivity contribution in [3.63, 3.8) is 0 Å². The SMILES string of the molecule is CCC1c2ccsc2CCN1C(=O)CN1CCN(c2ccc(C(F)(F)F)cn2)CC1. The van der Waals surface area contributed by atoms with Gasteiger partial charge in [-0.25, -0.2) is 4.98 Å². The van der Waals surface area contributed by atoms with E-state index in [1.54, 1.807) is 11.3 Å². The second-order valence-corrected chi connectivity index (χ2v) is 8.73. The lowest BCUT2D eigenvalue weighted by atomic mass is 9.97. The highest BCUT2D eigenvalue weighted by Crippen LogP contribution is 2.35. The molecule has 2 aromatic heterocycles. The van der Waals surface area contributed by atoms with E-state index in [1.807, 2.05) is 9.80 Å². The topological polar surface area (TPSA) is 39.7 Å². The number of pyridine rings is 1. The van der Waals surface area contributed by atoms with Gasteiger partial charge in [-0.3, -0.25) is 9.69 Å². The van der Waals surface area contributed by atoms with Gasteiger partial charge >= 0.3 is 6.18 Å². The number of hydrogen-bond acceptors (Lipinski definition) is 5. The molecule has 9 heteroatoms. The number of piperazine rings is 1. The van der Waals surface area contributed by atoms with E-state index in [0.29, 0.717) is 38.5 Å². The number of hydrogen-bond donors (Lipinski definition) is 0. The molecular formula is C21H25F3N4OS. The fraction of sp³-hybridized carbons (Fsp3) is 0.524. The summed E-state index contributed by atoms with van der Waals surface area (Å²) >= 11 is 1.77. The van der Waals surface area contributed by atoms with Crippen molar-refractivity contribution in [2.75, 3.05) is 44.2 Å². The Hall–Kier alpha value is -2.13. The highest BCUT2D eigenvalue weighted by Gasteiger charge is 2.32. The third-order valence-electron chi connectivity index (χ3n) is 5.93. The molecule has 1 saturated heterocycles. The quantitative estimate of drug-likeness (QED) is 0.728. The van der Waals surface area contributed by atoms with Crippen molar-refractivity contribution >= 4 is 23.1 Å². The van der Waals surface area contributed by atoms with E-state index in [-0.39, 0.29) is 11.9 Å². The summed E-state index contributed by atoms with van der Waals surface area (Å²) in [7, 11) is 0. The summed E-state index contributed by atoms with van der Waals surface area (Å²) in [6.45, 7) is 5.90. The van der Waals surface area contributed by atoms with E-state index in [2.05, 4.69) is 28.3 Å². The monoisotopic (exact) mass is 438 g/mol. The zero-order chi connectivity index (χ0) is 21.3. The molecule has 0 aromatic carbocycles. The van der Waals surface area contributed by atoms with Crippen molar-refractivity contribution in [2.24, 2.45) is 0 Å². The smallest absolute Gasteiger partial charge is 0.354 e. The number of alkyl halides is 3. The van der Waals surface area contributed by atoms with Crippen molar-refractivity contribution in [2.45, 2.75) is 32.0 Å². The predicted molar refractivity (Wildman–Crippen MR) is 111 cm³/mol. The van der Waals surface area contributed by atoms with E-state index in [1.165, 1.54) is 16.5 Å². The van der Waals surface area contributed by atoms with Gasteiger partial charge in [-0.15, -0.1) is 11.3 Å². The molecule has 30 heavy (non-hydrogen) atoms. The van der Waals surface area contributed by atoms with Crippen LogP contribution in [0.4, 0.5) is 19.0 Å². The number of fused-ring (bicyclic) bond motifs is 1. The van der Waals surface area contributed by atoms with Crippen molar-refractivity contribution < 1.29 is 18.0 Å². The zero-order valence-corrected chi connectivity index (χ0v) is 17.7. The van der Waals surface area contributed by atoms with Gasteiger partial charge in [-0.1, -0.05) is 6.92 Å². The Morgan fingerprint density at radius 1 is 1.17 bits per heavy atom. The van der Waals surface area contributed by atoms with E-state index >= 15 is 0 Å². The molecule has 0 N–H and O–H groups in total. The van der Waals surface area contributed by atoms with Crippen LogP contribution in [-0.4, -0.2) is 60.0 Å². The number of carbonyl (C=O) groups is 1. The van der Waals surface area contributed by atoms with Gasteiger partial charge in [0.1, 0.15) is 5.82 Å². The van der Waals surface area contributed by atoms with Crippen LogP contribution in [0.2, 0.25) is 0 Å². The van der Waals surface area contributed by atoms with Crippen LogP contribution >= 0.6 is 11.3 Å². The van der Waals surface area contributed by atoms with E-state index in [0.717, 1.165) is 31.6 Å². The van der Waals surface area contributed by atoms with Gasteiger partial charge in [0.2, 0.25) is 5.91 Å². The molecular weight excluding hydrogens is 413 g/mol. The first-order chi connectivity index (χ1) is 14.4. The highest BCUT2D eigenvalue weighted by atomic mass is 32.1. The first-order valence-electron chi connectivity index (χ1n) is 10.2. The van der Waals surface area contributed by atoms with Gasteiger partial charge in [-0.2, -0.15) is 13.2 Å². The summed E-state index contributed by atoms with van der Waals surface area (Å²) in [5, 5.41) is 2.11. The van der Waals surface area contributed by atoms with Crippen LogP contribution in [0.5, 0.6) is 0 Å². The lowest BCUT2D eigenvalue weighted by Gasteiger charge is -2.39. The van der Waals surface area contributed by atoms with Crippen molar-refractivity contribution in [3.8, 4) is 0 Å². The third-order valence-corrected chi connectivity index (χ3v) is 6.93. The predicted octanol–water partition coefficient (Wildman–Crippen LogP) is 3.82. The molecule has 5 nitrogen and oxygen atoms in total. The summed E-state index contributed by atoms with van der Waals surface area (Å²) in [5.74, 6) is 0.695. The molecule has 1 fully saturated rings. The molecule has 0 radical (unpaired) electrons. The Kier molecular flexibility index (Phi) is 6.02. The standard InChI is InChI=1S/C21H25F3N4OS/c1-2-17-16-6-12-30-18(16)5-7-28(17)20(29)14-26-8-10-27(11-9-26)19-4-3-15(13-25-19)21(22,23)24/h3-4,6,12-13,17H,2,5,7-11,14H2,1H3. The Labute approximate surface area is 178 Å². The summed E-state index contributed by atoms with van der Waals surface area (Å²) < 4.78 is 38.1. The molecule has 0 saturated carbocycles. The minimum atomic E-state index is -4.38.